The van der Waals surface area contributed by atoms with Gasteiger partial charge < -0.3 is 29.7 Å². The Balaban J connectivity index is 1.48. The summed E-state index contributed by atoms with van der Waals surface area (Å²) in [6.45, 7) is 8.13. The molecule has 2 aromatic carbocycles. The molecule has 3 rings (SSSR count). The predicted octanol–water partition coefficient (Wildman–Crippen LogP) is 3.34. The van der Waals surface area contributed by atoms with Crippen LogP contribution in [0.15, 0.2) is 54.6 Å². The number of carbonyl (C=O) groups excluding carboxylic acids is 3. The first-order valence-corrected chi connectivity index (χ1v) is 11.7. The molecule has 1 saturated heterocycles. The smallest absolute Gasteiger partial charge is 0.408 e. The quantitative estimate of drug-likeness (QED) is 0.527. The highest BCUT2D eigenvalue weighted by atomic mass is 16.6. The fourth-order valence-corrected chi connectivity index (χ4v) is 3.51. The standard InChI is InChI=1S/C26H33N3O6/c1-18(2)23(28-26(32)34-17-20-7-5-4-6-8-20)25(31)35-19(3)24(30)27-21-9-11-22(12-10-21)29-13-15-33-16-14-29/h4-12,18-19,23H,13-17H2,1-3H3,(H,27,30)(H,28,32). The maximum atomic E-state index is 12.7. The van der Waals surface area contributed by atoms with Gasteiger partial charge in [0.05, 0.1) is 13.2 Å². The van der Waals surface area contributed by atoms with Crippen LogP contribution in [0, 0.1) is 5.92 Å². The summed E-state index contributed by atoms with van der Waals surface area (Å²) in [5.74, 6) is -1.44. The molecular weight excluding hydrogens is 450 g/mol. The van der Waals surface area contributed by atoms with Gasteiger partial charge in [-0.1, -0.05) is 44.2 Å². The first kappa shape index (κ1) is 26.0. The average molecular weight is 484 g/mol. The molecule has 2 atom stereocenters. The average Bonchev–Trinajstić information content (AvgIpc) is 2.87. The zero-order valence-corrected chi connectivity index (χ0v) is 20.4. The van der Waals surface area contributed by atoms with Gasteiger partial charge in [-0.15, -0.1) is 0 Å². The molecule has 0 saturated carbocycles. The number of esters is 1. The predicted molar refractivity (Wildman–Crippen MR) is 132 cm³/mol. The van der Waals surface area contributed by atoms with Gasteiger partial charge >= 0.3 is 12.1 Å². The molecule has 0 bridgehead atoms. The van der Waals surface area contributed by atoms with Crippen molar-refractivity contribution in [2.75, 3.05) is 36.5 Å². The van der Waals surface area contributed by atoms with Crippen molar-refractivity contribution < 1.29 is 28.6 Å². The number of amides is 2. The number of rotatable bonds is 9. The number of carbonyl (C=O) groups is 3. The molecule has 0 spiro atoms. The number of anilines is 2. The summed E-state index contributed by atoms with van der Waals surface area (Å²) in [4.78, 5) is 39.7. The molecule has 0 aromatic heterocycles. The van der Waals surface area contributed by atoms with Gasteiger partial charge in [0.15, 0.2) is 6.10 Å². The Kier molecular flexibility index (Phi) is 9.48. The Morgan fingerprint density at radius 1 is 0.971 bits per heavy atom. The van der Waals surface area contributed by atoms with Crippen molar-refractivity contribution in [2.24, 2.45) is 5.92 Å². The third-order valence-corrected chi connectivity index (χ3v) is 5.58. The number of nitrogens with one attached hydrogen (secondary N) is 2. The van der Waals surface area contributed by atoms with Crippen molar-refractivity contribution in [3.05, 3.63) is 60.2 Å². The van der Waals surface area contributed by atoms with E-state index in [0.29, 0.717) is 18.9 Å². The summed E-state index contributed by atoms with van der Waals surface area (Å²) >= 11 is 0. The van der Waals surface area contributed by atoms with Crippen molar-refractivity contribution in [1.29, 1.82) is 0 Å². The Bertz CT molecular complexity index is 974. The first-order valence-electron chi connectivity index (χ1n) is 11.7. The summed E-state index contributed by atoms with van der Waals surface area (Å²) in [5.41, 5.74) is 2.48. The summed E-state index contributed by atoms with van der Waals surface area (Å²) in [5, 5.41) is 5.29. The van der Waals surface area contributed by atoms with Crippen LogP contribution in [0.2, 0.25) is 0 Å². The lowest BCUT2D eigenvalue weighted by Crippen LogP contribution is -2.47. The van der Waals surface area contributed by atoms with Crippen molar-refractivity contribution in [1.82, 2.24) is 5.32 Å². The van der Waals surface area contributed by atoms with Gasteiger partial charge in [0.1, 0.15) is 12.6 Å². The summed E-state index contributed by atoms with van der Waals surface area (Å²) < 4.78 is 15.9. The van der Waals surface area contributed by atoms with Crippen LogP contribution in [0.1, 0.15) is 26.3 Å². The first-order chi connectivity index (χ1) is 16.8. The van der Waals surface area contributed by atoms with Crippen LogP contribution in [0.5, 0.6) is 0 Å². The van der Waals surface area contributed by atoms with Crippen molar-refractivity contribution in [3.8, 4) is 0 Å². The molecule has 1 fully saturated rings. The second kappa shape index (κ2) is 12.8. The molecule has 2 N–H and O–H groups in total. The van der Waals surface area contributed by atoms with Crippen LogP contribution in [0.4, 0.5) is 16.2 Å². The number of alkyl carbamates (subject to hydrolysis) is 1. The van der Waals surface area contributed by atoms with E-state index in [4.69, 9.17) is 14.2 Å². The molecule has 0 aliphatic carbocycles. The molecule has 9 heteroatoms. The lowest BCUT2D eigenvalue weighted by Gasteiger charge is -2.29. The van der Waals surface area contributed by atoms with Gasteiger partial charge in [-0.3, -0.25) is 4.79 Å². The Morgan fingerprint density at radius 2 is 1.63 bits per heavy atom. The minimum Gasteiger partial charge on any atom is -0.451 e. The molecule has 2 unspecified atom stereocenters. The van der Waals surface area contributed by atoms with E-state index < -0.39 is 30.1 Å². The lowest BCUT2D eigenvalue weighted by molar-refractivity contribution is -0.156. The van der Waals surface area contributed by atoms with Crippen LogP contribution in [-0.4, -0.2) is 56.4 Å². The van der Waals surface area contributed by atoms with Crippen LogP contribution in [-0.2, 0) is 30.4 Å². The molecule has 2 aromatic rings. The van der Waals surface area contributed by atoms with Gasteiger partial charge in [-0.25, -0.2) is 9.59 Å². The molecule has 1 aliphatic rings. The van der Waals surface area contributed by atoms with E-state index in [-0.39, 0.29) is 12.5 Å². The van der Waals surface area contributed by atoms with E-state index in [9.17, 15) is 14.4 Å². The molecule has 35 heavy (non-hydrogen) atoms. The van der Waals surface area contributed by atoms with Crippen molar-refractivity contribution in [3.63, 3.8) is 0 Å². The Hall–Kier alpha value is -3.59. The van der Waals surface area contributed by atoms with Crippen molar-refractivity contribution >= 4 is 29.3 Å². The third-order valence-electron chi connectivity index (χ3n) is 5.58. The van der Waals surface area contributed by atoms with Crippen LogP contribution < -0.4 is 15.5 Å². The Labute approximate surface area is 205 Å². The topological polar surface area (TPSA) is 106 Å². The number of ether oxygens (including phenoxy) is 3. The third kappa shape index (κ3) is 7.99. The summed E-state index contributed by atoms with van der Waals surface area (Å²) in [7, 11) is 0. The van der Waals surface area contributed by atoms with E-state index in [1.807, 2.05) is 42.5 Å². The highest BCUT2D eigenvalue weighted by Gasteiger charge is 2.29. The largest absolute Gasteiger partial charge is 0.451 e. The van der Waals surface area contributed by atoms with Gasteiger partial charge in [-0.05, 0) is 42.7 Å². The second-order valence-corrected chi connectivity index (χ2v) is 8.64. The van der Waals surface area contributed by atoms with Gasteiger partial charge in [0.25, 0.3) is 5.91 Å². The van der Waals surface area contributed by atoms with E-state index in [2.05, 4.69) is 15.5 Å². The molecule has 188 valence electrons. The van der Waals surface area contributed by atoms with E-state index in [1.54, 1.807) is 26.0 Å². The van der Waals surface area contributed by atoms with Gasteiger partial charge in [-0.2, -0.15) is 0 Å². The molecular formula is C26H33N3O6. The minimum atomic E-state index is -1.05. The van der Waals surface area contributed by atoms with Crippen LogP contribution in [0.25, 0.3) is 0 Å². The van der Waals surface area contributed by atoms with E-state index >= 15 is 0 Å². The molecule has 9 nitrogen and oxygen atoms in total. The molecule has 1 heterocycles. The monoisotopic (exact) mass is 483 g/mol. The Morgan fingerprint density at radius 3 is 2.26 bits per heavy atom. The van der Waals surface area contributed by atoms with E-state index in [1.165, 1.54) is 6.92 Å². The molecule has 1 aliphatic heterocycles. The summed E-state index contributed by atoms with van der Waals surface area (Å²) in [6, 6.07) is 15.7. The zero-order chi connectivity index (χ0) is 25.2. The maximum absolute atomic E-state index is 12.7. The number of hydrogen-bond acceptors (Lipinski definition) is 7. The highest BCUT2D eigenvalue weighted by molar-refractivity contribution is 5.95. The SMILES string of the molecule is CC(OC(=O)C(NC(=O)OCc1ccccc1)C(C)C)C(=O)Nc1ccc(N2CCOCC2)cc1. The minimum absolute atomic E-state index is 0.0790. The molecule has 2 amide bonds. The molecule has 0 radical (unpaired) electrons. The van der Waals surface area contributed by atoms with Gasteiger partial charge in [0.2, 0.25) is 0 Å². The van der Waals surface area contributed by atoms with Crippen LogP contribution in [0.3, 0.4) is 0 Å². The van der Waals surface area contributed by atoms with E-state index in [0.717, 1.165) is 24.3 Å². The van der Waals surface area contributed by atoms with Crippen LogP contribution >= 0.6 is 0 Å². The highest BCUT2D eigenvalue weighted by Crippen LogP contribution is 2.19. The number of benzene rings is 2. The lowest BCUT2D eigenvalue weighted by atomic mass is 10.1. The fourth-order valence-electron chi connectivity index (χ4n) is 3.51. The number of nitrogens with zero attached hydrogens (tertiary/aromatic N) is 1. The van der Waals surface area contributed by atoms with Crippen molar-refractivity contribution in [2.45, 2.75) is 39.5 Å². The second-order valence-electron chi connectivity index (χ2n) is 8.64. The fraction of sp³-hybridized carbons (Fsp3) is 0.423. The normalized spacial score (nSPS) is 15.1. The maximum Gasteiger partial charge on any atom is 0.408 e. The zero-order valence-electron chi connectivity index (χ0n) is 20.4. The summed E-state index contributed by atoms with van der Waals surface area (Å²) in [6.07, 6.45) is -1.79. The number of hydrogen-bond donors (Lipinski definition) is 2. The number of morpholine rings is 1. The van der Waals surface area contributed by atoms with Gasteiger partial charge in [0, 0.05) is 24.5 Å².